The maximum atomic E-state index is 12.4. The summed E-state index contributed by atoms with van der Waals surface area (Å²) < 4.78 is 32.6. The van der Waals surface area contributed by atoms with Crippen LogP contribution in [0.3, 0.4) is 0 Å². The van der Waals surface area contributed by atoms with Gasteiger partial charge in [-0.05, 0) is 31.0 Å². The van der Waals surface area contributed by atoms with Gasteiger partial charge >= 0.3 is 5.97 Å². The van der Waals surface area contributed by atoms with Crippen LogP contribution in [0.2, 0.25) is 4.34 Å². The molecule has 1 N–H and O–H groups in total. The van der Waals surface area contributed by atoms with Crippen LogP contribution in [0.1, 0.15) is 12.5 Å². The van der Waals surface area contributed by atoms with Crippen LogP contribution in [0.5, 0.6) is 0 Å². The van der Waals surface area contributed by atoms with E-state index in [2.05, 4.69) is 4.72 Å². The lowest BCUT2D eigenvalue weighted by molar-refractivity contribution is -0.145. The maximum absolute atomic E-state index is 12.4. The van der Waals surface area contributed by atoms with Crippen molar-refractivity contribution in [3.05, 3.63) is 52.4 Å². The number of thiophene rings is 1. The van der Waals surface area contributed by atoms with Crippen LogP contribution < -0.4 is 4.72 Å². The molecular formula is C15H16ClNO4S2. The molecule has 0 saturated heterocycles. The summed E-state index contributed by atoms with van der Waals surface area (Å²) >= 11 is 6.71. The molecule has 23 heavy (non-hydrogen) atoms. The molecule has 1 aromatic carbocycles. The van der Waals surface area contributed by atoms with Gasteiger partial charge in [-0.1, -0.05) is 41.9 Å². The van der Waals surface area contributed by atoms with Crippen molar-refractivity contribution in [3.8, 4) is 0 Å². The molecule has 1 heterocycles. The third-order valence-electron chi connectivity index (χ3n) is 2.96. The van der Waals surface area contributed by atoms with Crippen molar-refractivity contribution in [3.63, 3.8) is 0 Å². The molecule has 0 amide bonds. The van der Waals surface area contributed by atoms with Crippen LogP contribution in [-0.2, 0) is 26.0 Å². The fourth-order valence-electron chi connectivity index (χ4n) is 1.95. The first kappa shape index (κ1) is 17.9. The van der Waals surface area contributed by atoms with Crippen molar-refractivity contribution in [2.75, 3.05) is 6.61 Å². The zero-order chi connectivity index (χ0) is 16.9. The minimum Gasteiger partial charge on any atom is -0.465 e. The summed E-state index contributed by atoms with van der Waals surface area (Å²) in [6.45, 7) is 1.85. The van der Waals surface area contributed by atoms with Crippen LogP contribution in [-0.4, -0.2) is 27.0 Å². The van der Waals surface area contributed by atoms with Crippen molar-refractivity contribution in [2.24, 2.45) is 0 Å². The average Bonchev–Trinajstić information content (AvgIpc) is 2.95. The first-order valence-electron chi connectivity index (χ1n) is 6.90. The highest BCUT2D eigenvalue weighted by Crippen LogP contribution is 2.25. The number of esters is 1. The molecular weight excluding hydrogens is 358 g/mol. The number of sulfonamides is 1. The molecule has 2 rings (SSSR count). The molecule has 0 aliphatic carbocycles. The minimum absolute atomic E-state index is 0.0601. The summed E-state index contributed by atoms with van der Waals surface area (Å²) in [5.74, 6) is -0.609. The Kier molecular flexibility index (Phi) is 6.17. The van der Waals surface area contributed by atoms with Crippen molar-refractivity contribution < 1.29 is 17.9 Å². The quantitative estimate of drug-likeness (QED) is 0.757. The molecule has 0 aliphatic heterocycles. The lowest BCUT2D eigenvalue weighted by Crippen LogP contribution is -2.43. The van der Waals surface area contributed by atoms with E-state index in [-0.39, 0.29) is 17.2 Å². The Morgan fingerprint density at radius 3 is 2.52 bits per heavy atom. The van der Waals surface area contributed by atoms with Gasteiger partial charge in [0.2, 0.25) is 0 Å². The lowest BCUT2D eigenvalue weighted by atomic mass is 10.1. The van der Waals surface area contributed by atoms with Gasteiger partial charge in [0.05, 0.1) is 10.9 Å². The number of hydrogen-bond donors (Lipinski definition) is 1. The molecule has 2 aromatic rings. The topological polar surface area (TPSA) is 72.5 Å². The molecule has 0 saturated carbocycles. The SMILES string of the molecule is CCOC(=O)C(Cc1ccccc1)NS(=O)(=O)c1ccc(Cl)s1. The van der Waals surface area contributed by atoms with Crippen molar-refractivity contribution >= 4 is 38.9 Å². The molecule has 0 fully saturated rings. The summed E-state index contributed by atoms with van der Waals surface area (Å²) in [4.78, 5) is 12.1. The molecule has 0 aliphatic rings. The normalized spacial score (nSPS) is 12.8. The van der Waals surface area contributed by atoms with Gasteiger partial charge in [0.1, 0.15) is 10.3 Å². The van der Waals surface area contributed by atoms with Crippen LogP contribution in [0.4, 0.5) is 0 Å². The van der Waals surface area contributed by atoms with E-state index in [1.807, 2.05) is 30.3 Å². The van der Waals surface area contributed by atoms with E-state index < -0.39 is 22.0 Å². The van der Waals surface area contributed by atoms with Gasteiger partial charge in [-0.25, -0.2) is 8.42 Å². The van der Waals surface area contributed by atoms with Gasteiger partial charge in [0.15, 0.2) is 0 Å². The zero-order valence-corrected chi connectivity index (χ0v) is 14.7. The Labute approximate surface area is 144 Å². The maximum Gasteiger partial charge on any atom is 0.324 e. The standard InChI is InChI=1S/C15H16ClNO4S2/c1-2-21-15(18)12(10-11-6-4-3-5-7-11)17-23(19,20)14-9-8-13(16)22-14/h3-9,12,17H,2,10H2,1H3. The number of halogens is 1. The van der Waals surface area contributed by atoms with Crippen LogP contribution in [0.25, 0.3) is 0 Å². The highest BCUT2D eigenvalue weighted by Gasteiger charge is 2.28. The molecule has 124 valence electrons. The summed E-state index contributed by atoms with van der Waals surface area (Å²) in [5.41, 5.74) is 0.831. The van der Waals surface area contributed by atoms with Crippen molar-refractivity contribution in [1.29, 1.82) is 0 Å². The van der Waals surface area contributed by atoms with Crippen LogP contribution >= 0.6 is 22.9 Å². The molecule has 1 aromatic heterocycles. The van der Waals surface area contributed by atoms with E-state index in [1.165, 1.54) is 12.1 Å². The minimum atomic E-state index is -3.84. The Morgan fingerprint density at radius 2 is 1.96 bits per heavy atom. The van der Waals surface area contributed by atoms with Crippen molar-refractivity contribution in [1.82, 2.24) is 4.72 Å². The van der Waals surface area contributed by atoms with Crippen LogP contribution in [0, 0.1) is 0 Å². The molecule has 8 heteroatoms. The number of nitrogens with one attached hydrogen (secondary N) is 1. The summed E-state index contributed by atoms with van der Waals surface area (Å²) in [7, 11) is -3.84. The third kappa shape index (κ3) is 5.04. The second-order valence-electron chi connectivity index (χ2n) is 4.67. The fourth-order valence-corrected chi connectivity index (χ4v) is 4.64. The van der Waals surface area contributed by atoms with Gasteiger partial charge in [-0.2, -0.15) is 4.72 Å². The first-order chi connectivity index (χ1) is 10.9. The van der Waals surface area contributed by atoms with E-state index in [0.29, 0.717) is 4.34 Å². The fraction of sp³-hybridized carbons (Fsp3) is 0.267. The van der Waals surface area contributed by atoms with Gasteiger partial charge < -0.3 is 4.74 Å². The monoisotopic (exact) mass is 373 g/mol. The highest BCUT2D eigenvalue weighted by atomic mass is 35.5. The predicted octanol–water partition coefficient (Wildman–Crippen LogP) is 2.85. The summed E-state index contributed by atoms with van der Waals surface area (Å²) in [5, 5.41) is 0. The first-order valence-corrected chi connectivity index (χ1v) is 9.58. The zero-order valence-electron chi connectivity index (χ0n) is 12.4. The highest BCUT2D eigenvalue weighted by molar-refractivity contribution is 7.91. The number of hydrogen-bond acceptors (Lipinski definition) is 5. The smallest absolute Gasteiger partial charge is 0.324 e. The number of carbonyl (C=O) groups excluding carboxylic acids is 1. The molecule has 0 radical (unpaired) electrons. The average molecular weight is 374 g/mol. The van der Waals surface area contributed by atoms with E-state index in [9.17, 15) is 13.2 Å². The van der Waals surface area contributed by atoms with Gasteiger partial charge in [-0.3, -0.25) is 4.79 Å². The number of benzene rings is 1. The number of rotatable bonds is 7. The van der Waals surface area contributed by atoms with Gasteiger partial charge in [-0.15, -0.1) is 11.3 Å². The Morgan fingerprint density at radius 1 is 1.26 bits per heavy atom. The second-order valence-corrected chi connectivity index (χ2v) is 8.33. The third-order valence-corrected chi connectivity index (χ3v) is 6.16. The van der Waals surface area contributed by atoms with E-state index in [0.717, 1.165) is 16.9 Å². The Balaban J connectivity index is 2.22. The molecule has 1 unspecified atom stereocenters. The van der Waals surface area contributed by atoms with Gasteiger partial charge in [0.25, 0.3) is 10.0 Å². The lowest BCUT2D eigenvalue weighted by Gasteiger charge is -2.17. The van der Waals surface area contributed by atoms with Gasteiger partial charge in [0, 0.05) is 0 Å². The molecule has 5 nitrogen and oxygen atoms in total. The Bertz CT molecular complexity index is 759. The summed E-state index contributed by atoms with van der Waals surface area (Å²) in [6, 6.07) is 11.0. The van der Waals surface area contributed by atoms with Crippen molar-refractivity contribution in [2.45, 2.75) is 23.6 Å². The summed E-state index contributed by atoms with van der Waals surface area (Å²) in [6.07, 6.45) is 0.206. The number of carbonyl (C=O) groups is 1. The largest absolute Gasteiger partial charge is 0.465 e. The van der Waals surface area contributed by atoms with Crippen LogP contribution in [0.15, 0.2) is 46.7 Å². The number of ether oxygens (including phenoxy) is 1. The second kappa shape index (κ2) is 7.92. The molecule has 0 spiro atoms. The van der Waals surface area contributed by atoms with E-state index in [1.54, 1.807) is 6.92 Å². The molecule has 0 bridgehead atoms. The molecule has 1 atom stereocenters. The van der Waals surface area contributed by atoms with E-state index >= 15 is 0 Å². The predicted molar refractivity (Wildman–Crippen MR) is 90.2 cm³/mol. The van der Waals surface area contributed by atoms with E-state index in [4.69, 9.17) is 16.3 Å². The Hall–Kier alpha value is -1.41.